The molecular weight excluding hydrogens is 466 g/mol. The smallest absolute Gasteiger partial charge is 0.302 e. The first-order chi connectivity index (χ1) is 17.8. The Morgan fingerprint density at radius 1 is 1.00 bits per heavy atom. The van der Waals surface area contributed by atoms with Gasteiger partial charge in [0.1, 0.15) is 18.1 Å². The number of fused-ring (bicyclic) bond motifs is 1. The SMILES string of the molecule is C=CCOc1ccccc1Cn1c(O)c(N=NC(=O)COc2ccc(C(C)(C)C)cc2)c2ccccc21. The number of benzene rings is 3. The average molecular weight is 498 g/mol. The van der Waals surface area contributed by atoms with E-state index in [4.69, 9.17) is 9.47 Å². The molecule has 1 aromatic heterocycles. The number of rotatable bonds is 9. The Balaban J connectivity index is 1.52. The first-order valence-electron chi connectivity index (χ1n) is 12.1. The van der Waals surface area contributed by atoms with Gasteiger partial charge in [0, 0.05) is 10.9 Å². The van der Waals surface area contributed by atoms with E-state index < -0.39 is 5.91 Å². The van der Waals surface area contributed by atoms with Crippen LogP contribution in [0.1, 0.15) is 31.9 Å². The van der Waals surface area contributed by atoms with E-state index in [0.717, 1.165) is 11.1 Å². The van der Waals surface area contributed by atoms with Crippen LogP contribution in [0.4, 0.5) is 5.69 Å². The number of carbonyl (C=O) groups excluding carboxylic acids is 1. The molecule has 4 rings (SSSR count). The largest absolute Gasteiger partial charge is 0.493 e. The summed E-state index contributed by atoms with van der Waals surface area (Å²) in [7, 11) is 0. The number of aromatic hydroxyl groups is 1. The van der Waals surface area contributed by atoms with Gasteiger partial charge >= 0.3 is 5.91 Å². The lowest BCUT2D eigenvalue weighted by Gasteiger charge is -2.19. The van der Waals surface area contributed by atoms with E-state index in [2.05, 4.69) is 37.6 Å². The van der Waals surface area contributed by atoms with Crippen LogP contribution in [-0.2, 0) is 16.8 Å². The van der Waals surface area contributed by atoms with E-state index in [1.807, 2.05) is 72.8 Å². The molecule has 0 aliphatic rings. The fourth-order valence-electron chi connectivity index (χ4n) is 3.96. The van der Waals surface area contributed by atoms with Crippen LogP contribution in [0.15, 0.2) is 95.7 Å². The predicted molar refractivity (Wildman–Crippen MR) is 145 cm³/mol. The normalized spacial score (nSPS) is 11.6. The van der Waals surface area contributed by atoms with Crippen molar-refractivity contribution < 1.29 is 19.4 Å². The second-order valence-electron chi connectivity index (χ2n) is 9.64. The Morgan fingerprint density at radius 3 is 2.43 bits per heavy atom. The zero-order valence-corrected chi connectivity index (χ0v) is 21.3. The van der Waals surface area contributed by atoms with Gasteiger partial charge in [0.15, 0.2) is 12.3 Å². The predicted octanol–water partition coefficient (Wildman–Crippen LogP) is 6.95. The summed E-state index contributed by atoms with van der Waals surface area (Å²) < 4.78 is 13.1. The molecule has 0 radical (unpaired) electrons. The Morgan fingerprint density at radius 2 is 1.70 bits per heavy atom. The number of ether oxygens (including phenoxy) is 2. The number of azo groups is 1. The molecule has 0 saturated carbocycles. The highest BCUT2D eigenvalue weighted by Crippen LogP contribution is 2.39. The molecule has 0 spiro atoms. The van der Waals surface area contributed by atoms with Gasteiger partial charge in [-0.25, -0.2) is 0 Å². The van der Waals surface area contributed by atoms with Crippen LogP contribution in [0.2, 0.25) is 0 Å². The van der Waals surface area contributed by atoms with Crippen molar-refractivity contribution in [3.8, 4) is 17.4 Å². The van der Waals surface area contributed by atoms with Gasteiger partial charge in [-0.3, -0.25) is 4.79 Å². The quantitative estimate of drug-likeness (QED) is 0.200. The van der Waals surface area contributed by atoms with Crippen molar-refractivity contribution in [2.24, 2.45) is 10.2 Å². The van der Waals surface area contributed by atoms with Crippen molar-refractivity contribution in [1.29, 1.82) is 0 Å². The van der Waals surface area contributed by atoms with Crippen molar-refractivity contribution in [3.63, 3.8) is 0 Å². The van der Waals surface area contributed by atoms with Crippen LogP contribution in [-0.4, -0.2) is 28.8 Å². The molecule has 1 heterocycles. The van der Waals surface area contributed by atoms with Gasteiger partial charge in [0.05, 0.1) is 12.1 Å². The standard InChI is InChI=1S/C30H31N3O4/c1-5-18-36-26-13-9-6-10-21(26)19-33-25-12-8-7-11-24(25)28(29(33)35)32-31-27(34)20-37-23-16-14-22(15-17-23)30(2,3)4/h5-17,35H,1,18-20H2,2-4H3. The van der Waals surface area contributed by atoms with Crippen LogP contribution in [0, 0.1) is 0 Å². The summed E-state index contributed by atoms with van der Waals surface area (Å²) >= 11 is 0. The van der Waals surface area contributed by atoms with Gasteiger partial charge in [-0.1, -0.05) is 82.0 Å². The highest BCUT2D eigenvalue weighted by Gasteiger charge is 2.18. The monoisotopic (exact) mass is 497 g/mol. The summed E-state index contributed by atoms with van der Waals surface area (Å²) in [5.41, 5.74) is 3.07. The third kappa shape index (κ3) is 6.06. The molecule has 4 aromatic rings. The molecule has 0 bridgehead atoms. The van der Waals surface area contributed by atoms with E-state index in [1.54, 1.807) is 10.6 Å². The van der Waals surface area contributed by atoms with Gasteiger partial charge in [-0.05, 0) is 35.2 Å². The maximum absolute atomic E-state index is 12.4. The number of hydrogen-bond donors (Lipinski definition) is 1. The zero-order valence-electron chi connectivity index (χ0n) is 21.3. The first-order valence-corrected chi connectivity index (χ1v) is 12.1. The minimum atomic E-state index is -0.556. The Kier molecular flexibility index (Phi) is 7.72. The molecule has 0 aliphatic heterocycles. The number of amides is 1. The third-order valence-electron chi connectivity index (χ3n) is 5.92. The molecule has 0 unspecified atom stereocenters. The molecule has 0 saturated heterocycles. The first kappa shape index (κ1) is 25.7. The average Bonchev–Trinajstić information content (AvgIpc) is 3.16. The molecule has 1 amide bonds. The minimum Gasteiger partial charge on any atom is -0.493 e. The highest BCUT2D eigenvalue weighted by atomic mass is 16.5. The van der Waals surface area contributed by atoms with Crippen molar-refractivity contribution in [3.05, 3.63) is 96.6 Å². The van der Waals surface area contributed by atoms with Crippen molar-refractivity contribution >= 4 is 22.5 Å². The van der Waals surface area contributed by atoms with Crippen LogP contribution in [0.25, 0.3) is 10.9 Å². The summed E-state index contributed by atoms with van der Waals surface area (Å²) in [4.78, 5) is 12.4. The number of aromatic nitrogens is 1. The molecule has 37 heavy (non-hydrogen) atoms. The van der Waals surface area contributed by atoms with Gasteiger partial charge in [-0.2, -0.15) is 0 Å². The van der Waals surface area contributed by atoms with E-state index >= 15 is 0 Å². The van der Waals surface area contributed by atoms with Crippen molar-refractivity contribution in [2.45, 2.75) is 32.7 Å². The van der Waals surface area contributed by atoms with E-state index in [9.17, 15) is 9.90 Å². The Bertz CT molecular complexity index is 1430. The highest BCUT2D eigenvalue weighted by molar-refractivity contribution is 5.95. The van der Waals surface area contributed by atoms with E-state index in [-0.39, 0.29) is 23.6 Å². The minimum absolute atomic E-state index is 0.0322. The van der Waals surface area contributed by atoms with Gasteiger partial charge in [-0.15, -0.1) is 10.2 Å². The second-order valence-corrected chi connectivity index (χ2v) is 9.64. The van der Waals surface area contributed by atoms with E-state index in [1.165, 1.54) is 5.56 Å². The van der Waals surface area contributed by atoms with Gasteiger partial charge in [0.25, 0.3) is 0 Å². The topological polar surface area (TPSA) is 85.4 Å². The molecule has 1 N–H and O–H groups in total. The molecular formula is C30H31N3O4. The van der Waals surface area contributed by atoms with Gasteiger partial charge in [0.2, 0.25) is 5.88 Å². The van der Waals surface area contributed by atoms with Crippen LogP contribution >= 0.6 is 0 Å². The fraction of sp³-hybridized carbons (Fsp3) is 0.233. The molecule has 7 nitrogen and oxygen atoms in total. The van der Waals surface area contributed by atoms with E-state index in [0.29, 0.717) is 30.0 Å². The maximum Gasteiger partial charge on any atom is 0.302 e. The molecule has 0 atom stereocenters. The van der Waals surface area contributed by atoms with Crippen LogP contribution in [0.5, 0.6) is 17.4 Å². The summed E-state index contributed by atoms with van der Waals surface area (Å²) in [6.07, 6.45) is 1.68. The summed E-state index contributed by atoms with van der Waals surface area (Å²) in [5.74, 6) is 0.633. The summed E-state index contributed by atoms with van der Waals surface area (Å²) in [6, 6.07) is 22.7. The van der Waals surface area contributed by atoms with Gasteiger partial charge < -0.3 is 19.1 Å². The Labute approximate surface area is 216 Å². The third-order valence-corrected chi connectivity index (χ3v) is 5.92. The van der Waals surface area contributed by atoms with Crippen LogP contribution < -0.4 is 9.47 Å². The lowest BCUT2D eigenvalue weighted by molar-refractivity contribution is -0.120. The molecule has 0 aliphatic carbocycles. The zero-order chi connectivity index (χ0) is 26.4. The molecule has 0 fully saturated rings. The molecule has 3 aromatic carbocycles. The molecule has 190 valence electrons. The van der Waals surface area contributed by atoms with Crippen molar-refractivity contribution in [1.82, 2.24) is 4.57 Å². The number of hydrogen-bond acceptors (Lipinski definition) is 5. The maximum atomic E-state index is 12.4. The number of nitrogens with zero attached hydrogens (tertiary/aromatic N) is 3. The lowest BCUT2D eigenvalue weighted by atomic mass is 9.87. The fourth-order valence-corrected chi connectivity index (χ4v) is 3.96. The molecule has 7 heteroatoms. The number of carbonyl (C=O) groups is 1. The number of para-hydroxylation sites is 2. The lowest BCUT2D eigenvalue weighted by Crippen LogP contribution is -2.11. The summed E-state index contributed by atoms with van der Waals surface area (Å²) in [6.45, 7) is 10.6. The van der Waals surface area contributed by atoms with Crippen LogP contribution in [0.3, 0.4) is 0 Å². The van der Waals surface area contributed by atoms with Crippen molar-refractivity contribution in [2.75, 3.05) is 13.2 Å². The summed E-state index contributed by atoms with van der Waals surface area (Å²) in [5, 5.41) is 19.7. The Hall–Kier alpha value is -4.39. The second kappa shape index (κ2) is 11.1.